The van der Waals surface area contributed by atoms with E-state index in [1.807, 2.05) is 30.3 Å². The molecule has 0 aliphatic rings. The molecule has 8 heteroatoms. The second-order valence-corrected chi connectivity index (χ2v) is 6.02. The molecule has 0 amide bonds. The van der Waals surface area contributed by atoms with Crippen LogP contribution in [0.4, 0.5) is 13.2 Å². The van der Waals surface area contributed by atoms with Crippen molar-refractivity contribution in [3.63, 3.8) is 0 Å². The van der Waals surface area contributed by atoms with Crippen molar-refractivity contribution in [3.8, 4) is 22.0 Å². The van der Waals surface area contributed by atoms with E-state index in [9.17, 15) is 13.2 Å². The summed E-state index contributed by atoms with van der Waals surface area (Å²) in [6.45, 7) is 0. The van der Waals surface area contributed by atoms with Crippen LogP contribution in [-0.4, -0.2) is 19.8 Å². The van der Waals surface area contributed by atoms with Crippen molar-refractivity contribution >= 4 is 16.3 Å². The van der Waals surface area contributed by atoms with Crippen LogP contribution < -0.4 is 0 Å². The van der Waals surface area contributed by atoms with Crippen LogP contribution >= 0.6 is 11.3 Å². The van der Waals surface area contributed by atoms with Crippen molar-refractivity contribution in [2.45, 2.75) is 6.18 Å². The Bertz CT molecular complexity index is 988. The summed E-state index contributed by atoms with van der Waals surface area (Å²) in [4.78, 5) is 0.587. The van der Waals surface area contributed by atoms with Crippen LogP contribution in [0.1, 0.15) is 5.56 Å². The SMILES string of the molecule is FC(F)(F)c1ccc(-c2nn3c(-c4ccccc4)nnc3s2)cc1. The standard InChI is InChI=1S/C16H9F3N4S/c17-16(18,19)12-8-6-11(7-9-12)14-22-23-13(20-21-15(23)24-14)10-4-2-1-3-5-10/h1-9H. The Hall–Kier alpha value is -2.74. The minimum atomic E-state index is -4.35. The van der Waals surface area contributed by atoms with Gasteiger partial charge in [-0.1, -0.05) is 53.8 Å². The molecule has 2 heterocycles. The molecule has 0 radical (unpaired) electrons. The summed E-state index contributed by atoms with van der Waals surface area (Å²) < 4.78 is 39.5. The molecule has 0 aliphatic heterocycles. The van der Waals surface area contributed by atoms with E-state index in [2.05, 4.69) is 15.3 Å². The Morgan fingerprint density at radius 2 is 1.54 bits per heavy atom. The third kappa shape index (κ3) is 2.54. The third-order valence-electron chi connectivity index (χ3n) is 3.48. The maximum atomic E-state index is 12.6. The van der Waals surface area contributed by atoms with Gasteiger partial charge in [0.1, 0.15) is 5.01 Å². The molecule has 2 aromatic heterocycles. The number of rotatable bonds is 2. The van der Waals surface area contributed by atoms with Gasteiger partial charge >= 0.3 is 6.18 Å². The summed E-state index contributed by atoms with van der Waals surface area (Å²) in [5, 5.41) is 13.2. The van der Waals surface area contributed by atoms with Crippen molar-refractivity contribution in [1.82, 2.24) is 19.8 Å². The van der Waals surface area contributed by atoms with Crippen LogP contribution in [0.15, 0.2) is 54.6 Å². The molecule has 0 atom stereocenters. The summed E-state index contributed by atoms with van der Waals surface area (Å²) in [6, 6.07) is 14.4. The van der Waals surface area contributed by atoms with E-state index in [0.717, 1.165) is 17.7 Å². The Morgan fingerprint density at radius 3 is 2.21 bits per heavy atom. The van der Waals surface area contributed by atoms with Gasteiger partial charge < -0.3 is 0 Å². The molecular formula is C16H9F3N4S. The Balaban J connectivity index is 1.75. The lowest BCUT2D eigenvalue weighted by atomic mass is 10.1. The highest BCUT2D eigenvalue weighted by Crippen LogP contribution is 2.32. The van der Waals surface area contributed by atoms with Crippen molar-refractivity contribution < 1.29 is 13.2 Å². The number of alkyl halides is 3. The molecule has 4 rings (SSSR count). The van der Waals surface area contributed by atoms with E-state index in [4.69, 9.17) is 0 Å². The molecule has 0 unspecified atom stereocenters. The highest BCUT2D eigenvalue weighted by molar-refractivity contribution is 7.19. The smallest absolute Gasteiger partial charge is 0.182 e. The molecule has 0 fully saturated rings. The van der Waals surface area contributed by atoms with Gasteiger partial charge in [-0.05, 0) is 12.1 Å². The maximum Gasteiger partial charge on any atom is 0.416 e. The Kier molecular flexibility index (Phi) is 3.34. The van der Waals surface area contributed by atoms with Gasteiger partial charge in [0.25, 0.3) is 0 Å². The van der Waals surface area contributed by atoms with Crippen LogP contribution in [0.3, 0.4) is 0 Å². The van der Waals surface area contributed by atoms with E-state index >= 15 is 0 Å². The largest absolute Gasteiger partial charge is 0.416 e. The molecule has 120 valence electrons. The quantitative estimate of drug-likeness (QED) is 0.535. The molecule has 0 aliphatic carbocycles. The topological polar surface area (TPSA) is 43.1 Å². The van der Waals surface area contributed by atoms with Gasteiger partial charge in [0.05, 0.1) is 5.56 Å². The molecule has 0 spiro atoms. The monoisotopic (exact) mass is 346 g/mol. The van der Waals surface area contributed by atoms with Gasteiger partial charge in [-0.3, -0.25) is 0 Å². The van der Waals surface area contributed by atoms with Gasteiger partial charge in [-0.2, -0.15) is 22.8 Å². The van der Waals surface area contributed by atoms with Crippen LogP contribution in [0, 0.1) is 0 Å². The van der Waals surface area contributed by atoms with E-state index < -0.39 is 11.7 Å². The summed E-state index contributed by atoms with van der Waals surface area (Å²) in [5.41, 5.74) is 0.797. The Morgan fingerprint density at radius 1 is 0.833 bits per heavy atom. The van der Waals surface area contributed by atoms with E-state index in [1.165, 1.54) is 23.5 Å². The highest BCUT2D eigenvalue weighted by atomic mass is 32.1. The fraction of sp³-hybridized carbons (Fsp3) is 0.0625. The molecular weight excluding hydrogens is 337 g/mol. The van der Waals surface area contributed by atoms with Gasteiger partial charge in [0.2, 0.25) is 4.96 Å². The molecule has 2 aromatic carbocycles. The zero-order valence-electron chi connectivity index (χ0n) is 12.0. The van der Waals surface area contributed by atoms with Crippen molar-refractivity contribution in [1.29, 1.82) is 0 Å². The van der Waals surface area contributed by atoms with Gasteiger partial charge in [0, 0.05) is 11.1 Å². The second-order valence-electron chi connectivity index (χ2n) is 5.07. The summed E-state index contributed by atoms with van der Waals surface area (Å²) in [7, 11) is 0. The molecule has 0 bridgehead atoms. The zero-order valence-corrected chi connectivity index (χ0v) is 12.8. The fourth-order valence-electron chi connectivity index (χ4n) is 2.30. The molecule has 4 nitrogen and oxygen atoms in total. The molecule has 4 aromatic rings. The van der Waals surface area contributed by atoms with E-state index in [0.29, 0.717) is 21.4 Å². The summed E-state index contributed by atoms with van der Waals surface area (Å²) in [5.74, 6) is 0.597. The number of hydrogen-bond donors (Lipinski definition) is 0. The highest BCUT2D eigenvalue weighted by Gasteiger charge is 2.30. The average Bonchev–Trinajstić information content (AvgIpc) is 3.15. The first-order valence-corrected chi connectivity index (χ1v) is 7.79. The lowest BCUT2D eigenvalue weighted by molar-refractivity contribution is -0.137. The predicted molar refractivity (Wildman–Crippen MR) is 84.5 cm³/mol. The van der Waals surface area contributed by atoms with E-state index in [1.54, 1.807) is 4.52 Å². The predicted octanol–water partition coefficient (Wildman–Crippen LogP) is 4.54. The van der Waals surface area contributed by atoms with Crippen molar-refractivity contribution in [2.75, 3.05) is 0 Å². The second kappa shape index (κ2) is 5.41. The minimum Gasteiger partial charge on any atom is -0.182 e. The average molecular weight is 346 g/mol. The summed E-state index contributed by atoms with van der Waals surface area (Å²) in [6.07, 6.45) is -4.35. The molecule has 0 saturated heterocycles. The number of fused-ring (bicyclic) bond motifs is 1. The molecule has 0 saturated carbocycles. The van der Waals surface area contributed by atoms with Gasteiger partial charge in [0.15, 0.2) is 5.82 Å². The number of benzene rings is 2. The first-order valence-electron chi connectivity index (χ1n) is 6.98. The maximum absolute atomic E-state index is 12.6. The first-order chi connectivity index (χ1) is 11.5. The van der Waals surface area contributed by atoms with Crippen molar-refractivity contribution in [3.05, 3.63) is 60.2 Å². The van der Waals surface area contributed by atoms with Crippen LogP contribution in [0.5, 0.6) is 0 Å². The molecule has 0 N–H and O–H groups in total. The lowest BCUT2D eigenvalue weighted by Gasteiger charge is -2.06. The first kappa shape index (κ1) is 14.8. The lowest BCUT2D eigenvalue weighted by Crippen LogP contribution is -2.03. The van der Waals surface area contributed by atoms with Gasteiger partial charge in [-0.25, -0.2) is 0 Å². The van der Waals surface area contributed by atoms with Gasteiger partial charge in [-0.15, -0.1) is 10.2 Å². The number of nitrogens with zero attached hydrogens (tertiary/aromatic N) is 4. The van der Waals surface area contributed by atoms with Crippen LogP contribution in [-0.2, 0) is 6.18 Å². The minimum absolute atomic E-state index is 0.587. The Labute approximate surface area is 138 Å². The normalized spacial score (nSPS) is 12.0. The third-order valence-corrected chi connectivity index (χ3v) is 4.43. The van der Waals surface area contributed by atoms with E-state index in [-0.39, 0.29) is 0 Å². The summed E-state index contributed by atoms with van der Waals surface area (Å²) >= 11 is 1.28. The zero-order chi connectivity index (χ0) is 16.7. The van der Waals surface area contributed by atoms with Crippen LogP contribution in [0.25, 0.3) is 26.9 Å². The van der Waals surface area contributed by atoms with Crippen LogP contribution in [0.2, 0.25) is 0 Å². The number of aromatic nitrogens is 4. The fourth-order valence-corrected chi connectivity index (χ4v) is 3.15. The molecule has 24 heavy (non-hydrogen) atoms. The number of halogens is 3. The number of hydrogen-bond acceptors (Lipinski definition) is 4. The van der Waals surface area contributed by atoms with Crippen molar-refractivity contribution in [2.24, 2.45) is 0 Å².